The molecule has 0 spiro atoms. The number of carbonyl (C=O) groups excluding carboxylic acids is 1. The molecule has 0 radical (unpaired) electrons. The minimum Gasteiger partial charge on any atom is -0.366 e. The molecule has 0 saturated carbocycles. The number of carbonyl (C=O) groups is 1. The lowest BCUT2D eigenvalue weighted by Crippen LogP contribution is -2.39. The van der Waals surface area contributed by atoms with Crippen LogP contribution in [0.2, 0.25) is 0 Å². The quantitative estimate of drug-likeness (QED) is 0.0673. The van der Waals surface area contributed by atoms with Crippen LogP contribution in [0, 0.1) is 25.7 Å². The number of benzene rings is 3. The molecule has 2 aromatic heterocycles. The number of terminal acetylenes is 2. The number of H-pyrrole nitrogens is 2. The summed E-state index contributed by atoms with van der Waals surface area (Å²) in [7, 11) is 10.2. The number of imidazole rings is 2. The first kappa shape index (κ1) is 50.1. The first-order valence-electron chi connectivity index (χ1n) is 21.3. The molecule has 10 nitrogen and oxygen atoms in total. The summed E-state index contributed by atoms with van der Waals surface area (Å²) in [5.41, 5.74) is 12.1. The third kappa shape index (κ3) is 14.1. The SMILES string of the molecule is C#C.C#C.C=C([C@@H](C1=CCCC=C1)N(C)C)N(CCC)Cc1nc2ccc(C3=CN=C(c4cccc5[nH]c(CN(C)CCC)nc45)C3)cc2[nH]1.CNC.O=CCc1ccccc1. The largest absolute Gasteiger partial charge is 0.366 e. The van der Waals surface area contributed by atoms with Crippen molar-refractivity contribution in [3.8, 4) is 25.7 Å². The highest BCUT2D eigenvalue weighted by Gasteiger charge is 2.25. The van der Waals surface area contributed by atoms with E-state index < -0.39 is 0 Å². The first-order valence-corrected chi connectivity index (χ1v) is 21.3. The fourth-order valence-corrected chi connectivity index (χ4v) is 7.50. The second-order valence-electron chi connectivity index (χ2n) is 15.3. The van der Waals surface area contributed by atoms with Gasteiger partial charge in [-0.1, -0.05) is 87.2 Å². The smallest absolute Gasteiger partial charge is 0.126 e. The third-order valence-electron chi connectivity index (χ3n) is 10.1. The number of nitrogens with one attached hydrogen (secondary N) is 3. The van der Waals surface area contributed by atoms with Gasteiger partial charge in [0.05, 0.1) is 46.9 Å². The van der Waals surface area contributed by atoms with Crippen LogP contribution in [0.5, 0.6) is 0 Å². The average molecular weight is 834 g/mol. The van der Waals surface area contributed by atoms with E-state index in [9.17, 15) is 4.79 Å². The van der Waals surface area contributed by atoms with Gasteiger partial charge in [0.25, 0.3) is 0 Å². The maximum atomic E-state index is 9.97. The van der Waals surface area contributed by atoms with Gasteiger partial charge in [-0.25, -0.2) is 9.97 Å². The molecule has 3 aromatic carbocycles. The Morgan fingerprint density at radius 2 is 1.56 bits per heavy atom. The lowest BCUT2D eigenvalue weighted by Gasteiger charge is -2.36. The van der Waals surface area contributed by atoms with E-state index in [1.807, 2.05) is 50.6 Å². The Morgan fingerprint density at radius 1 is 0.871 bits per heavy atom. The van der Waals surface area contributed by atoms with Crippen LogP contribution < -0.4 is 5.32 Å². The van der Waals surface area contributed by atoms with Crippen LogP contribution in [0.15, 0.2) is 114 Å². The van der Waals surface area contributed by atoms with Gasteiger partial charge in [0.15, 0.2) is 0 Å². The van der Waals surface area contributed by atoms with Gasteiger partial charge in [-0.2, -0.15) is 0 Å². The van der Waals surface area contributed by atoms with Gasteiger partial charge in [0.2, 0.25) is 0 Å². The summed E-state index contributed by atoms with van der Waals surface area (Å²) in [6.07, 6.45) is 31.5. The normalized spacial score (nSPS) is 13.2. The Bertz CT molecular complexity index is 2310. The van der Waals surface area contributed by atoms with Crippen molar-refractivity contribution in [2.75, 3.05) is 48.3 Å². The van der Waals surface area contributed by atoms with Crippen LogP contribution in [-0.4, -0.2) is 101 Å². The van der Waals surface area contributed by atoms with Gasteiger partial charge in [-0.15, -0.1) is 25.7 Å². The summed E-state index contributed by atoms with van der Waals surface area (Å²) >= 11 is 0. The molecule has 7 rings (SSSR count). The molecule has 1 aliphatic carbocycles. The number of aromatic amines is 2. The van der Waals surface area contributed by atoms with Crippen molar-refractivity contribution in [2.24, 2.45) is 4.99 Å². The van der Waals surface area contributed by atoms with Crippen LogP contribution in [0.3, 0.4) is 0 Å². The summed E-state index contributed by atoms with van der Waals surface area (Å²) in [4.78, 5) is 38.9. The molecule has 2 aliphatic rings. The Hall–Kier alpha value is -6.30. The highest BCUT2D eigenvalue weighted by atomic mass is 16.1. The summed E-state index contributed by atoms with van der Waals surface area (Å²) in [5.74, 6) is 1.95. The fraction of sp³-hybridized carbons (Fsp3) is 0.346. The van der Waals surface area contributed by atoms with Gasteiger partial charge < -0.3 is 25.0 Å². The number of para-hydroxylation sites is 1. The molecular formula is C52H67N9O. The van der Waals surface area contributed by atoms with Crippen molar-refractivity contribution in [1.82, 2.24) is 40.0 Å². The molecule has 62 heavy (non-hydrogen) atoms. The second kappa shape index (κ2) is 26.8. The van der Waals surface area contributed by atoms with E-state index in [0.29, 0.717) is 13.0 Å². The number of rotatable bonds is 16. The van der Waals surface area contributed by atoms with Gasteiger partial charge in [-0.05, 0) is 108 Å². The number of hydrogen-bond donors (Lipinski definition) is 3. The van der Waals surface area contributed by atoms with Gasteiger partial charge in [0, 0.05) is 36.8 Å². The van der Waals surface area contributed by atoms with Gasteiger partial charge >= 0.3 is 0 Å². The summed E-state index contributed by atoms with van der Waals surface area (Å²) < 4.78 is 0. The molecule has 0 amide bonds. The number of aliphatic imine (C=N–C) groups is 1. The molecule has 1 atom stereocenters. The predicted octanol–water partition coefficient (Wildman–Crippen LogP) is 9.21. The molecule has 3 N–H and O–H groups in total. The number of nitrogens with zero attached hydrogens (tertiary/aromatic N) is 6. The first-order chi connectivity index (χ1) is 30.2. The standard InChI is InChI=1S/C38H48N8.C8H8O.C2H7N.2C2H2/c1-7-19-45(6)24-35-41-32-16-12-15-30(37(32)43-35)33-22-29(23-39-33)28-17-18-31-34(21-28)42-36(40-31)25-46(20-8-2)26(3)38(44(4)5)27-13-10-9-11-14-27;9-7-6-8-4-2-1-3-5-8;1-3-2;2*1-2/h10,12-18,21,23,38H,3,7-9,11,19-20,22,24-25H2,1-2,4-6H3,(H,40,42)(H,41,43);1-5,7H,6H2;3H,1-2H3;2*1-2H/t38-;;;;/m0..../s1. The zero-order valence-corrected chi connectivity index (χ0v) is 38.0. The average Bonchev–Trinajstić information content (AvgIpc) is 4.05. The molecule has 0 unspecified atom stereocenters. The minimum absolute atomic E-state index is 0.142. The van der Waals surface area contributed by atoms with E-state index in [2.05, 4.69) is 152 Å². The maximum absolute atomic E-state index is 9.97. The lowest BCUT2D eigenvalue weighted by atomic mass is 9.96. The predicted molar refractivity (Wildman–Crippen MR) is 263 cm³/mol. The van der Waals surface area contributed by atoms with Crippen molar-refractivity contribution in [3.05, 3.63) is 137 Å². The van der Waals surface area contributed by atoms with Crippen molar-refractivity contribution >= 4 is 39.6 Å². The maximum Gasteiger partial charge on any atom is 0.126 e. The Kier molecular flexibility index (Phi) is 21.6. The summed E-state index contributed by atoms with van der Waals surface area (Å²) in [5, 5.41) is 2.75. The topological polar surface area (TPSA) is 109 Å². The number of aromatic nitrogens is 4. The molecule has 0 bridgehead atoms. The zero-order valence-electron chi connectivity index (χ0n) is 38.0. The van der Waals surface area contributed by atoms with E-state index in [1.165, 1.54) is 11.1 Å². The molecule has 0 saturated heterocycles. The molecule has 3 heterocycles. The van der Waals surface area contributed by atoms with Crippen molar-refractivity contribution in [3.63, 3.8) is 0 Å². The molecule has 326 valence electrons. The van der Waals surface area contributed by atoms with Crippen LogP contribution in [0.25, 0.3) is 27.6 Å². The second-order valence-corrected chi connectivity index (χ2v) is 15.3. The lowest BCUT2D eigenvalue weighted by molar-refractivity contribution is -0.107. The number of likely N-dealkylation sites (N-methyl/N-ethyl adjacent to an activating group) is 1. The van der Waals surface area contributed by atoms with Crippen LogP contribution in [0.4, 0.5) is 0 Å². The minimum atomic E-state index is 0.142. The number of fused-ring (bicyclic) bond motifs is 2. The van der Waals surface area contributed by atoms with E-state index in [-0.39, 0.29) is 6.04 Å². The number of hydrogen-bond acceptors (Lipinski definition) is 8. The zero-order chi connectivity index (χ0) is 45.4. The van der Waals surface area contributed by atoms with Gasteiger partial charge in [-0.3, -0.25) is 14.8 Å². The monoisotopic (exact) mass is 834 g/mol. The summed E-state index contributed by atoms with van der Waals surface area (Å²) in [6, 6.07) is 22.7. The van der Waals surface area contributed by atoms with E-state index >= 15 is 0 Å². The van der Waals surface area contributed by atoms with Crippen LogP contribution in [0.1, 0.15) is 74.3 Å². The van der Waals surface area contributed by atoms with E-state index in [4.69, 9.17) is 15.0 Å². The van der Waals surface area contributed by atoms with Crippen molar-refractivity contribution in [2.45, 2.75) is 71.5 Å². The molecule has 0 fully saturated rings. The highest BCUT2D eigenvalue weighted by molar-refractivity contribution is 6.15. The summed E-state index contributed by atoms with van der Waals surface area (Å²) in [6.45, 7) is 12.5. The molecular weight excluding hydrogens is 767 g/mol. The Balaban J connectivity index is 0.000000548. The van der Waals surface area contributed by atoms with Crippen molar-refractivity contribution in [1.29, 1.82) is 0 Å². The van der Waals surface area contributed by atoms with Crippen LogP contribution >= 0.6 is 0 Å². The number of aldehydes is 1. The number of allylic oxidation sites excluding steroid dienone is 3. The third-order valence-corrected chi connectivity index (χ3v) is 10.1. The molecule has 10 heteroatoms. The van der Waals surface area contributed by atoms with Gasteiger partial charge in [0.1, 0.15) is 17.9 Å². The van der Waals surface area contributed by atoms with E-state index in [0.717, 1.165) is 120 Å². The fourth-order valence-electron chi connectivity index (χ4n) is 7.50. The molecule has 1 aliphatic heterocycles. The Morgan fingerprint density at radius 3 is 2.21 bits per heavy atom. The van der Waals surface area contributed by atoms with Crippen molar-refractivity contribution < 1.29 is 4.79 Å². The highest BCUT2D eigenvalue weighted by Crippen LogP contribution is 2.31. The Labute approximate surface area is 371 Å². The van der Waals surface area contributed by atoms with E-state index in [1.54, 1.807) is 0 Å². The molecule has 5 aromatic rings. The van der Waals surface area contributed by atoms with Crippen LogP contribution in [-0.2, 0) is 24.3 Å².